The second-order valence-corrected chi connectivity index (χ2v) is 11.9. The molecule has 0 bridgehead atoms. The summed E-state index contributed by atoms with van der Waals surface area (Å²) in [4.78, 5) is 31.1. The van der Waals surface area contributed by atoms with Crippen molar-refractivity contribution in [3.05, 3.63) is 106 Å². The first-order valence-electron chi connectivity index (χ1n) is 14.5. The van der Waals surface area contributed by atoms with Crippen LogP contribution in [-0.4, -0.2) is 27.3 Å². The fraction of sp³-hybridized carbons (Fsp3) is 0.353. The summed E-state index contributed by atoms with van der Waals surface area (Å²) >= 11 is 6.20. The quantitative estimate of drug-likeness (QED) is 0.280. The van der Waals surface area contributed by atoms with Crippen molar-refractivity contribution in [1.29, 1.82) is 0 Å². The van der Waals surface area contributed by atoms with Gasteiger partial charge in [0.25, 0.3) is 11.8 Å². The minimum atomic E-state index is -1.22. The lowest BCUT2D eigenvalue weighted by Gasteiger charge is -2.47. The molecule has 206 valence electrons. The number of carbonyl (C=O) groups excluding carboxylic acids is 2. The summed E-state index contributed by atoms with van der Waals surface area (Å²) in [5, 5.41) is 5.10. The molecule has 3 aromatic carbocycles. The topological polar surface area (TPSA) is 54.3 Å². The molecule has 1 saturated carbocycles. The fourth-order valence-electron chi connectivity index (χ4n) is 6.51. The van der Waals surface area contributed by atoms with Crippen LogP contribution < -0.4 is 5.32 Å². The summed E-state index contributed by atoms with van der Waals surface area (Å²) < 4.78 is 2.06. The summed E-state index contributed by atoms with van der Waals surface area (Å²) in [6, 6.07) is 25.7. The molecule has 40 heavy (non-hydrogen) atoms. The summed E-state index contributed by atoms with van der Waals surface area (Å²) in [6.07, 6.45) is 7.84. The summed E-state index contributed by atoms with van der Waals surface area (Å²) in [6.45, 7) is 2.70. The molecule has 0 radical (unpaired) electrons. The van der Waals surface area contributed by atoms with Gasteiger partial charge < -0.3 is 14.8 Å². The predicted molar refractivity (Wildman–Crippen MR) is 160 cm³/mol. The fourth-order valence-corrected chi connectivity index (χ4v) is 6.63. The minimum absolute atomic E-state index is 0.103. The number of hydrogen-bond donors (Lipinski definition) is 1. The number of nitrogens with zero attached hydrogens (tertiary/aromatic N) is 2. The van der Waals surface area contributed by atoms with Crippen LogP contribution in [0.5, 0.6) is 0 Å². The number of fused-ring (bicyclic) bond motifs is 3. The smallest absolute Gasteiger partial charge is 0.272 e. The van der Waals surface area contributed by atoms with Crippen molar-refractivity contribution in [1.82, 2.24) is 14.8 Å². The molecule has 0 unspecified atom stereocenters. The molecule has 2 amide bonds. The van der Waals surface area contributed by atoms with E-state index in [1.807, 2.05) is 60.7 Å². The standard InChI is InChI=1S/C34H36ClN3O2/c1-24-14-17-26-21-31-32(39)38(22-25-15-18-28(35)19-16-25)34(23-37(31)30(26)20-24,27-10-6-5-7-11-27)33(40)36-29-12-8-3-2-4-9-13-29/h5-7,10-11,14-21,29H,2-4,8-9,12-13,22-23H2,1H3,(H,36,40)/t34-/m1/s1. The molecule has 6 rings (SSSR count). The van der Waals surface area contributed by atoms with E-state index in [-0.39, 0.29) is 17.9 Å². The van der Waals surface area contributed by atoms with E-state index in [9.17, 15) is 9.59 Å². The number of benzene rings is 3. The highest BCUT2D eigenvalue weighted by Crippen LogP contribution is 2.41. The van der Waals surface area contributed by atoms with Gasteiger partial charge in [-0.3, -0.25) is 9.59 Å². The monoisotopic (exact) mass is 553 g/mol. The van der Waals surface area contributed by atoms with Crippen molar-refractivity contribution < 1.29 is 9.59 Å². The maximum Gasteiger partial charge on any atom is 0.272 e. The maximum atomic E-state index is 14.8. The minimum Gasteiger partial charge on any atom is -0.351 e. The Balaban J connectivity index is 1.52. The van der Waals surface area contributed by atoms with Gasteiger partial charge in [-0.15, -0.1) is 0 Å². The molecule has 4 aromatic rings. The van der Waals surface area contributed by atoms with Crippen molar-refractivity contribution in [2.45, 2.75) is 76.5 Å². The molecule has 6 heteroatoms. The Bertz CT molecular complexity index is 1520. The lowest BCUT2D eigenvalue weighted by molar-refractivity contribution is -0.136. The van der Waals surface area contributed by atoms with Gasteiger partial charge in [0.15, 0.2) is 5.54 Å². The Kier molecular flexibility index (Phi) is 7.41. The van der Waals surface area contributed by atoms with Gasteiger partial charge in [0.1, 0.15) is 5.69 Å². The first-order valence-corrected chi connectivity index (χ1v) is 14.9. The number of aromatic nitrogens is 1. The van der Waals surface area contributed by atoms with Gasteiger partial charge in [0.05, 0.1) is 6.54 Å². The Morgan fingerprint density at radius 3 is 2.35 bits per heavy atom. The van der Waals surface area contributed by atoms with Crippen molar-refractivity contribution in [2.75, 3.05) is 0 Å². The van der Waals surface area contributed by atoms with Crippen molar-refractivity contribution in [2.24, 2.45) is 0 Å². The Morgan fingerprint density at radius 2 is 1.62 bits per heavy atom. The van der Waals surface area contributed by atoms with Gasteiger partial charge in [0.2, 0.25) is 0 Å². The predicted octanol–water partition coefficient (Wildman–Crippen LogP) is 7.38. The van der Waals surface area contributed by atoms with Crippen molar-refractivity contribution in [3.8, 4) is 0 Å². The number of nitrogens with one attached hydrogen (secondary N) is 1. The zero-order valence-electron chi connectivity index (χ0n) is 23.0. The number of amides is 2. The van der Waals surface area contributed by atoms with E-state index < -0.39 is 5.54 Å². The van der Waals surface area contributed by atoms with Crippen LogP contribution in [0.25, 0.3) is 10.9 Å². The summed E-state index contributed by atoms with van der Waals surface area (Å²) in [5.74, 6) is -0.251. The molecule has 2 aliphatic rings. The van der Waals surface area contributed by atoms with E-state index >= 15 is 0 Å². The van der Waals surface area contributed by atoms with E-state index in [0.717, 1.165) is 53.3 Å². The highest BCUT2D eigenvalue weighted by atomic mass is 35.5. The van der Waals surface area contributed by atoms with Crippen molar-refractivity contribution >= 4 is 34.3 Å². The number of carbonyl (C=O) groups is 2. The molecule has 1 fully saturated rings. The van der Waals surface area contributed by atoms with Crippen LogP contribution in [0.1, 0.15) is 72.1 Å². The van der Waals surface area contributed by atoms with E-state index in [0.29, 0.717) is 23.8 Å². The Labute approximate surface area is 241 Å². The van der Waals surface area contributed by atoms with E-state index in [4.69, 9.17) is 11.6 Å². The number of halogens is 1. The molecule has 5 nitrogen and oxygen atoms in total. The molecule has 1 aliphatic heterocycles. The highest BCUT2D eigenvalue weighted by molar-refractivity contribution is 6.30. The van der Waals surface area contributed by atoms with Crippen molar-refractivity contribution in [3.63, 3.8) is 0 Å². The van der Waals surface area contributed by atoms with Crippen LogP contribution in [0, 0.1) is 6.92 Å². The lowest BCUT2D eigenvalue weighted by atomic mass is 9.83. The Hall–Kier alpha value is -3.57. The third-order valence-corrected chi connectivity index (χ3v) is 8.95. The molecule has 2 heterocycles. The molecule has 0 saturated heterocycles. The zero-order chi connectivity index (χ0) is 27.7. The van der Waals surface area contributed by atoms with Crippen LogP contribution in [0.2, 0.25) is 5.02 Å². The van der Waals surface area contributed by atoms with E-state index in [2.05, 4.69) is 35.0 Å². The SMILES string of the molecule is Cc1ccc2cc3n(c2c1)C[C@](C(=O)NC1CCCCCCC1)(c1ccccc1)N(Cc1ccc(Cl)cc1)C3=O. The second kappa shape index (κ2) is 11.1. The number of aryl methyl sites for hydroxylation is 1. The van der Waals surface area contributed by atoms with Gasteiger partial charge in [-0.05, 0) is 60.7 Å². The second-order valence-electron chi connectivity index (χ2n) is 11.4. The first-order chi connectivity index (χ1) is 19.5. The van der Waals surface area contributed by atoms with Crippen LogP contribution in [0.3, 0.4) is 0 Å². The molecule has 0 spiro atoms. The average molecular weight is 554 g/mol. The Morgan fingerprint density at radius 1 is 0.925 bits per heavy atom. The van der Waals surface area contributed by atoms with Gasteiger partial charge in [-0.1, -0.05) is 98.3 Å². The van der Waals surface area contributed by atoms with E-state index in [1.165, 1.54) is 19.3 Å². The molecule has 1 aliphatic carbocycles. The molecular weight excluding hydrogens is 518 g/mol. The summed E-state index contributed by atoms with van der Waals surface area (Å²) in [5.41, 5.74) is 3.24. The molecule has 1 aromatic heterocycles. The van der Waals surface area contributed by atoms with E-state index in [1.54, 1.807) is 4.90 Å². The van der Waals surface area contributed by atoms with Crippen LogP contribution in [0.15, 0.2) is 78.9 Å². The molecule has 1 N–H and O–H groups in total. The molecular formula is C34H36ClN3O2. The van der Waals surface area contributed by atoms with Crippen LogP contribution in [-0.2, 0) is 23.4 Å². The number of hydrogen-bond acceptors (Lipinski definition) is 2. The highest BCUT2D eigenvalue weighted by Gasteiger charge is 2.52. The van der Waals surface area contributed by atoms with Gasteiger partial charge in [0, 0.05) is 28.5 Å². The third kappa shape index (κ3) is 4.92. The number of rotatable bonds is 5. The first kappa shape index (κ1) is 26.6. The van der Waals surface area contributed by atoms with Gasteiger partial charge in [-0.2, -0.15) is 0 Å². The van der Waals surface area contributed by atoms with Gasteiger partial charge in [-0.25, -0.2) is 0 Å². The summed E-state index contributed by atoms with van der Waals surface area (Å²) in [7, 11) is 0. The largest absolute Gasteiger partial charge is 0.351 e. The average Bonchev–Trinajstić information content (AvgIpc) is 3.30. The van der Waals surface area contributed by atoms with Crippen LogP contribution >= 0.6 is 11.6 Å². The lowest BCUT2D eigenvalue weighted by Crippen LogP contribution is -2.64. The third-order valence-electron chi connectivity index (χ3n) is 8.69. The zero-order valence-corrected chi connectivity index (χ0v) is 23.8. The maximum absolute atomic E-state index is 14.8. The van der Waals surface area contributed by atoms with Crippen LogP contribution in [0.4, 0.5) is 0 Å². The van der Waals surface area contributed by atoms with Gasteiger partial charge >= 0.3 is 0 Å². The normalized spacial score (nSPS) is 20.1. The molecule has 1 atom stereocenters.